The highest BCUT2D eigenvalue weighted by molar-refractivity contribution is 7.15. The third-order valence-electron chi connectivity index (χ3n) is 3.95. The zero-order valence-electron chi connectivity index (χ0n) is 12.0. The molecule has 0 fully saturated rings. The molecule has 0 aromatic carbocycles. The lowest BCUT2D eigenvalue weighted by atomic mass is 9.98. The Morgan fingerprint density at radius 3 is 2.94 bits per heavy atom. The Kier molecular flexibility index (Phi) is 4.62. The predicted molar refractivity (Wildman–Crippen MR) is 79.6 cm³/mol. The summed E-state index contributed by atoms with van der Waals surface area (Å²) in [6.45, 7) is 7.70. The van der Waals surface area contributed by atoms with E-state index in [1.54, 1.807) is 0 Å². The van der Waals surface area contributed by atoms with Gasteiger partial charge in [0, 0.05) is 18.0 Å². The molecule has 1 N–H and O–H groups in total. The Labute approximate surface area is 115 Å². The summed E-state index contributed by atoms with van der Waals surface area (Å²) < 4.78 is 0. The number of nitrogens with zero attached hydrogens (tertiary/aromatic N) is 2. The third-order valence-corrected chi connectivity index (χ3v) is 5.17. The number of anilines is 1. The first-order valence-corrected chi connectivity index (χ1v) is 7.94. The lowest BCUT2D eigenvalue weighted by Crippen LogP contribution is -2.28. The van der Waals surface area contributed by atoms with Crippen LogP contribution in [0.4, 0.5) is 5.13 Å². The van der Waals surface area contributed by atoms with Crippen LogP contribution in [0.2, 0.25) is 0 Å². The first-order valence-electron chi connectivity index (χ1n) is 7.13. The topological polar surface area (TPSA) is 28.2 Å². The van der Waals surface area contributed by atoms with Gasteiger partial charge in [-0.1, -0.05) is 13.8 Å². The van der Waals surface area contributed by atoms with E-state index in [9.17, 15) is 0 Å². The monoisotopic (exact) mass is 267 g/mol. The SMILES string of the molecule is CCNC1CCCc2sc(N(C)C(C)CC)nc21. The number of fused-ring (bicyclic) bond motifs is 1. The average molecular weight is 267 g/mol. The van der Waals surface area contributed by atoms with Crippen LogP contribution in [0.25, 0.3) is 0 Å². The van der Waals surface area contributed by atoms with Crippen molar-refractivity contribution in [3.8, 4) is 0 Å². The fraction of sp³-hybridized carbons (Fsp3) is 0.786. The maximum atomic E-state index is 4.90. The predicted octanol–water partition coefficient (Wildman–Crippen LogP) is 3.36. The van der Waals surface area contributed by atoms with Gasteiger partial charge in [0.15, 0.2) is 5.13 Å². The zero-order valence-corrected chi connectivity index (χ0v) is 12.8. The van der Waals surface area contributed by atoms with Gasteiger partial charge in [-0.3, -0.25) is 0 Å². The van der Waals surface area contributed by atoms with Gasteiger partial charge in [-0.15, -0.1) is 11.3 Å². The minimum Gasteiger partial charge on any atom is -0.348 e. The molecule has 0 spiro atoms. The summed E-state index contributed by atoms with van der Waals surface area (Å²) in [7, 11) is 2.17. The van der Waals surface area contributed by atoms with Crippen LogP contribution in [0, 0.1) is 0 Å². The van der Waals surface area contributed by atoms with E-state index in [0.717, 1.165) is 13.0 Å². The van der Waals surface area contributed by atoms with Crippen molar-refractivity contribution in [2.75, 3.05) is 18.5 Å². The summed E-state index contributed by atoms with van der Waals surface area (Å²) in [5.41, 5.74) is 1.32. The molecule has 2 atom stereocenters. The summed E-state index contributed by atoms with van der Waals surface area (Å²) in [6.07, 6.45) is 4.90. The van der Waals surface area contributed by atoms with Gasteiger partial charge in [0.2, 0.25) is 0 Å². The quantitative estimate of drug-likeness (QED) is 0.886. The van der Waals surface area contributed by atoms with E-state index in [1.807, 2.05) is 11.3 Å². The molecule has 0 amide bonds. The normalized spacial score (nSPS) is 20.6. The van der Waals surface area contributed by atoms with Gasteiger partial charge < -0.3 is 10.2 Å². The summed E-state index contributed by atoms with van der Waals surface area (Å²) in [5, 5.41) is 4.76. The van der Waals surface area contributed by atoms with Crippen molar-refractivity contribution in [3.05, 3.63) is 10.6 Å². The first-order chi connectivity index (χ1) is 8.67. The lowest BCUT2D eigenvalue weighted by molar-refractivity contribution is 0.465. The average Bonchev–Trinajstić information content (AvgIpc) is 2.82. The smallest absolute Gasteiger partial charge is 0.185 e. The molecule has 1 aliphatic rings. The minimum absolute atomic E-state index is 0.481. The van der Waals surface area contributed by atoms with Crippen molar-refractivity contribution >= 4 is 16.5 Å². The Hall–Kier alpha value is -0.610. The molecule has 0 saturated heterocycles. The van der Waals surface area contributed by atoms with Crippen molar-refractivity contribution < 1.29 is 0 Å². The highest BCUT2D eigenvalue weighted by atomic mass is 32.1. The van der Waals surface area contributed by atoms with Crippen LogP contribution < -0.4 is 10.2 Å². The Bertz CT molecular complexity index is 388. The molecule has 18 heavy (non-hydrogen) atoms. The van der Waals surface area contributed by atoms with Gasteiger partial charge in [0.05, 0.1) is 11.7 Å². The molecule has 0 bridgehead atoms. The maximum Gasteiger partial charge on any atom is 0.185 e. The molecule has 1 heterocycles. The van der Waals surface area contributed by atoms with E-state index >= 15 is 0 Å². The van der Waals surface area contributed by atoms with Gasteiger partial charge in [-0.05, 0) is 39.2 Å². The van der Waals surface area contributed by atoms with E-state index in [0.29, 0.717) is 12.1 Å². The van der Waals surface area contributed by atoms with Crippen molar-refractivity contribution in [3.63, 3.8) is 0 Å². The largest absolute Gasteiger partial charge is 0.348 e. The maximum absolute atomic E-state index is 4.90. The Morgan fingerprint density at radius 2 is 2.28 bits per heavy atom. The van der Waals surface area contributed by atoms with E-state index in [-0.39, 0.29) is 0 Å². The number of rotatable bonds is 5. The summed E-state index contributed by atoms with van der Waals surface area (Å²) in [6, 6.07) is 1.05. The minimum atomic E-state index is 0.481. The van der Waals surface area contributed by atoms with Gasteiger partial charge in [-0.2, -0.15) is 0 Å². The molecular weight excluding hydrogens is 242 g/mol. The van der Waals surface area contributed by atoms with E-state index < -0.39 is 0 Å². The second kappa shape index (κ2) is 6.02. The van der Waals surface area contributed by atoms with Crippen LogP contribution in [-0.2, 0) is 6.42 Å². The number of aromatic nitrogens is 1. The van der Waals surface area contributed by atoms with Gasteiger partial charge in [0.25, 0.3) is 0 Å². The van der Waals surface area contributed by atoms with E-state index in [2.05, 4.69) is 38.0 Å². The fourth-order valence-electron chi connectivity index (χ4n) is 2.46. The van der Waals surface area contributed by atoms with Gasteiger partial charge in [0.1, 0.15) is 0 Å². The van der Waals surface area contributed by atoms with Crippen LogP contribution in [0.1, 0.15) is 56.6 Å². The van der Waals surface area contributed by atoms with Crippen molar-refractivity contribution in [2.24, 2.45) is 0 Å². The Morgan fingerprint density at radius 1 is 1.50 bits per heavy atom. The van der Waals surface area contributed by atoms with Crippen LogP contribution in [0.3, 0.4) is 0 Å². The molecule has 3 nitrogen and oxygen atoms in total. The molecule has 0 aliphatic heterocycles. The highest BCUT2D eigenvalue weighted by Crippen LogP contribution is 2.36. The number of hydrogen-bond donors (Lipinski definition) is 1. The first kappa shape index (κ1) is 13.8. The van der Waals surface area contributed by atoms with Gasteiger partial charge in [-0.25, -0.2) is 4.98 Å². The molecule has 0 saturated carbocycles. The standard InChI is InChI=1S/C14H25N3S/c1-5-10(3)17(4)14-16-13-11(15-6-2)8-7-9-12(13)18-14/h10-11,15H,5-9H2,1-4H3. The molecule has 2 rings (SSSR count). The summed E-state index contributed by atoms with van der Waals surface area (Å²) in [5.74, 6) is 0. The van der Waals surface area contributed by atoms with Crippen molar-refractivity contribution in [2.45, 2.75) is 58.5 Å². The highest BCUT2D eigenvalue weighted by Gasteiger charge is 2.25. The molecule has 1 aromatic rings. The number of thiazole rings is 1. The van der Waals surface area contributed by atoms with Crippen LogP contribution in [0.5, 0.6) is 0 Å². The van der Waals surface area contributed by atoms with Crippen LogP contribution >= 0.6 is 11.3 Å². The third kappa shape index (κ3) is 2.69. The molecular formula is C14H25N3S. The lowest BCUT2D eigenvalue weighted by Gasteiger charge is -2.23. The number of aryl methyl sites for hydroxylation is 1. The fourth-order valence-corrected chi connectivity index (χ4v) is 3.69. The number of nitrogens with one attached hydrogen (secondary N) is 1. The van der Waals surface area contributed by atoms with Crippen LogP contribution in [0.15, 0.2) is 0 Å². The second-order valence-electron chi connectivity index (χ2n) is 5.18. The van der Waals surface area contributed by atoms with Crippen LogP contribution in [-0.4, -0.2) is 24.6 Å². The molecule has 1 aromatic heterocycles. The molecule has 102 valence electrons. The van der Waals surface area contributed by atoms with Gasteiger partial charge >= 0.3 is 0 Å². The molecule has 1 aliphatic carbocycles. The van der Waals surface area contributed by atoms with Crippen molar-refractivity contribution in [1.29, 1.82) is 0 Å². The van der Waals surface area contributed by atoms with E-state index in [4.69, 9.17) is 4.98 Å². The Balaban J connectivity index is 2.21. The number of hydrogen-bond acceptors (Lipinski definition) is 4. The summed E-state index contributed by atoms with van der Waals surface area (Å²) in [4.78, 5) is 8.72. The van der Waals surface area contributed by atoms with E-state index in [1.165, 1.54) is 35.0 Å². The van der Waals surface area contributed by atoms with Crippen molar-refractivity contribution in [1.82, 2.24) is 10.3 Å². The molecule has 2 unspecified atom stereocenters. The zero-order chi connectivity index (χ0) is 13.1. The second-order valence-corrected chi connectivity index (χ2v) is 6.24. The molecule has 4 heteroatoms. The summed E-state index contributed by atoms with van der Waals surface area (Å²) >= 11 is 1.89. The molecule has 0 radical (unpaired) electrons.